The van der Waals surface area contributed by atoms with E-state index in [-0.39, 0.29) is 30.4 Å². The molecule has 2 heterocycles. The van der Waals surface area contributed by atoms with E-state index in [1.54, 1.807) is 4.57 Å². The van der Waals surface area contributed by atoms with Crippen molar-refractivity contribution in [1.29, 1.82) is 0 Å². The molecule has 2 saturated carbocycles. The third-order valence-corrected chi connectivity index (χ3v) is 8.94. The molecule has 1 saturated heterocycles. The molecule has 5 nitrogen and oxygen atoms in total. The topological polar surface area (TPSA) is 38.8 Å². The van der Waals surface area contributed by atoms with Crippen molar-refractivity contribution in [2.24, 2.45) is 5.41 Å². The molecule has 1 atom stereocenters. The average Bonchev–Trinajstić information content (AvgIpc) is 3.61. The molecule has 2 aliphatic carbocycles. The number of fused-ring (bicyclic) bond motifs is 1. The molecular weight excluding hydrogens is 508 g/mol. The van der Waals surface area contributed by atoms with Crippen LogP contribution in [0.25, 0.3) is 15.7 Å². The molecule has 2 aromatic carbocycles. The van der Waals surface area contributed by atoms with Crippen molar-refractivity contribution in [2.45, 2.75) is 96.2 Å². The summed E-state index contributed by atoms with van der Waals surface area (Å²) in [7, 11) is 0. The number of hydrogen-bond acceptors (Lipinski definition) is 3. The number of rotatable bonds is 4. The van der Waals surface area contributed by atoms with Crippen molar-refractivity contribution in [3.63, 3.8) is 0 Å². The van der Waals surface area contributed by atoms with Gasteiger partial charge in [-0.2, -0.15) is 0 Å². The van der Waals surface area contributed by atoms with E-state index in [4.69, 9.17) is 11.3 Å². The van der Waals surface area contributed by atoms with E-state index >= 15 is 0 Å². The van der Waals surface area contributed by atoms with Crippen molar-refractivity contribution in [2.75, 3.05) is 6.54 Å². The predicted octanol–water partition coefficient (Wildman–Crippen LogP) is 8.91. The number of piperidine rings is 1. The van der Waals surface area contributed by atoms with Gasteiger partial charge >= 0.3 is 6.09 Å². The van der Waals surface area contributed by atoms with Crippen molar-refractivity contribution >= 4 is 22.7 Å². The lowest BCUT2D eigenvalue weighted by molar-refractivity contribution is -0.186. The van der Waals surface area contributed by atoms with Crippen LogP contribution in [-0.4, -0.2) is 33.6 Å². The van der Waals surface area contributed by atoms with E-state index in [0.29, 0.717) is 24.6 Å². The van der Waals surface area contributed by atoms with Gasteiger partial charge in [0.2, 0.25) is 5.92 Å². The van der Waals surface area contributed by atoms with E-state index in [0.717, 1.165) is 47.8 Å². The molecular formula is C33H37F2N3O2. The second-order valence-electron chi connectivity index (χ2n) is 13.3. The molecule has 3 aliphatic rings. The second-order valence-corrected chi connectivity index (χ2v) is 13.3. The molecule has 3 fully saturated rings. The first-order chi connectivity index (χ1) is 18.9. The van der Waals surface area contributed by atoms with Gasteiger partial charge in [0.05, 0.1) is 12.1 Å². The molecule has 1 unspecified atom stereocenters. The Morgan fingerprint density at radius 3 is 2.45 bits per heavy atom. The number of carbonyl (C=O) groups excluding carboxylic acids is 1. The lowest BCUT2D eigenvalue weighted by atomic mass is 9.59. The fraction of sp³-hybridized carbons (Fsp3) is 0.515. The van der Waals surface area contributed by atoms with E-state index < -0.39 is 11.5 Å². The highest BCUT2D eigenvalue weighted by Gasteiger charge is 2.58. The van der Waals surface area contributed by atoms with Crippen LogP contribution in [0.5, 0.6) is 0 Å². The number of nitrogens with zero attached hydrogens (tertiary/aromatic N) is 3. The summed E-state index contributed by atoms with van der Waals surface area (Å²) in [5, 5.41) is 1.06. The minimum atomic E-state index is -2.56. The Kier molecular flexibility index (Phi) is 6.34. The van der Waals surface area contributed by atoms with Crippen LogP contribution < -0.4 is 0 Å². The minimum Gasteiger partial charge on any atom is -0.443 e. The number of benzene rings is 2. The number of likely N-dealkylation sites (tertiary alicyclic amines) is 1. The monoisotopic (exact) mass is 545 g/mol. The summed E-state index contributed by atoms with van der Waals surface area (Å²) in [5.41, 5.74) is 5.21. The number of aryl methyl sites for hydroxylation is 1. The number of hydrogen-bond donors (Lipinski definition) is 0. The fourth-order valence-electron chi connectivity index (χ4n) is 7.06. The zero-order valence-electron chi connectivity index (χ0n) is 23.8. The smallest absolute Gasteiger partial charge is 0.418 e. The van der Waals surface area contributed by atoms with Gasteiger partial charge in [-0.05, 0) is 99.6 Å². The molecule has 210 valence electrons. The van der Waals surface area contributed by atoms with Gasteiger partial charge in [0.1, 0.15) is 5.60 Å². The standard InChI is InChI=1S/C33H37F2N3O2/c1-21-16-26(22-6-7-22)27(25-12-14-38(29(21)25)30(39)40-31(2,3)4)18-37-15-13-32(19-33(34,35)20-32)17-28(37)23-8-10-24(36-5)11-9-23/h8-12,14,16,22,28H,6-7,13,15,17-20H2,1-4H3. The maximum Gasteiger partial charge on any atom is 0.418 e. The first-order valence-electron chi connectivity index (χ1n) is 14.3. The highest BCUT2D eigenvalue weighted by atomic mass is 19.3. The van der Waals surface area contributed by atoms with Crippen LogP contribution in [0.1, 0.15) is 93.5 Å². The molecule has 7 heteroatoms. The summed E-state index contributed by atoms with van der Waals surface area (Å²) < 4.78 is 35.5. The van der Waals surface area contributed by atoms with Gasteiger partial charge in [-0.15, -0.1) is 0 Å². The lowest BCUT2D eigenvalue weighted by Gasteiger charge is -2.54. The largest absolute Gasteiger partial charge is 0.443 e. The Morgan fingerprint density at radius 1 is 1.15 bits per heavy atom. The number of alkyl halides is 2. The van der Waals surface area contributed by atoms with E-state index in [9.17, 15) is 13.6 Å². The molecule has 6 rings (SSSR count). The average molecular weight is 546 g/mol. The highest BCUT2D eigenvalue weighted by molar-refractivity contribution is 5.94. The van der Waals surface area contributed by atoms with E-state index in [1.165, 1.54) is 11.1 Å². The van der Waals surface area contributed by atoms with Crippen LogP contribution in [0, 0.1) is 18.9 Å². The molecule has 3 aromatic rings. The number of ether oxygens (including phenoxy) is 1. The molecule has 0 bridgehead atoms. The van der Waals surface area contributed by atoms with Crippen molar-refractivity contribution in [1.82, 2.24) is 9.47 Å². The first-order valence-corrected chi connectivity index (χ1v) is 14.3. The summed E-state index contributed by atoms with van der Waals surface area (Å²) in [4.78, 5) is 19.1. The van der Waals surface area contributed by atoms with Gasteiger partial charge in [0, 0.05) is 37.0 Å². The van der Waals surface area contributed by atoms with Crippen LogP contribution in [0.2, 0.25) is 0 Å². The van der Waals surface area contributed by atoms with Gasteiger partial charge in [0.15, 0.2) is 5.69 Å². The maximum absolute atomic E-state index is 14.1. The van der Waals surface area contributed by atoms with Gasteiger partial charge in [0.25, 0.3) is 0 Å². The van der Waals surface area contributed by atoms with Crippen LogP contribution in [-0.2, 0) is 11.3 Å². The maximum atomic E-state index is 14.1. The third-order valence-electron chi connectivity index (χ3n) is 8.94. The Balaban J connectivity index is 1.39. The normalized spacial score (nSPS) is 22.2. The molecule has 40 heavy (non-hydrogen) atoms. The van der Waals surface area contributed by atoms with Crippen LogP contribution >= 0.6 is 0 Å². The van der Waals surface area contributed by atoms with Crippen molar-refractivity contribution < 1.29 is 18.3 Å². The summed E-state index contributed by atoms with van der Waals surface area (Å²) in [5.74, 6) is -2.05. The van der Waals surface area contributed by atoms with Gasteiger partial charge in [-0.25, -0.2) is 18.4 Å². The lowest BCUT2D eigenvalue weighted by Crippen LogP contribution is -2.53. The summed E-state index contributed by atoms with van der Waals surface area (Å²) in [6.45, 7) is 16.4. The SMILES string of the molecule is [C-]#[N+]c1ccc(C2CC3(CCN2Cc2c(C4CC4)cc(C)c4c2ccn4C(=O)OC(C)(C)C)CC(F)(F)C3)cc1. The summed E-state index contributed by atoms with van der Waals surface area (Å²) in [6, 6.07) is 11.9. The summed E-state index contributed by atoms with van der Waals surface area (Å²) in [6.07, 6.45) is 5.11. The van der Waals surface area contributed by atoms with Crippen molar-refractivity contribution in [3.8, 4) is 0 Å². The molecule has 0 radical (unpaired) electrons. The van der Waals surface area contributed by atoms with Crippen LogP contribution in [0.15, 0.2) is 42.6 Å². The van der Waals surface area contributed by atoms with Gasteiger partial charge in [-0.3, -0.25) is 9.47 Å². The van der Waals surface area contributed by atoms with Crippen molar-refractivity contribution in [3.05, 3.63) is 76.3 Å². The highest BCUT2D eigenvalue weighted by Crippen LogP contribution is 2.60. The number of aromatic nitrogens is 1. The molecule has 1 aromatic heterocycles. The molecule has 1 aliphatic heterocycles. The van der Waals surface area contributed by atoms with E-state index in [1.807, 2.05) is 57.3 Å². The molecule has 1 spiro atoms. The Morgan fingerprint density at radius 2 is 1.85 bits per heavy atom. The Bertz CT molecular complexity index is 1500. The van der Waals surface area contributed by atoms with Gasteiger partial charge in [-0.1, -0.05) is 30.3 Å². The molecule has 0 amide bonds. The minimum absolute atomic E-state index is 0.0130. The van der Waals surface area contributed by atoms with Gasteiger partial charge < -0.3 is 4.74 Å². The van der Waals surface area contributed by atoms with E-state index in [2.05, 4.69) is 22.7 Å². The van der Waals surface area contributed by atoms with Crippen LogP contribution in [0.3, 0.4) is 0 Å². The first kappa shape index (κ1) is 27.0. The third kappa shape index (κ3) is 5.03. The fourth-order valence-corrected chi connectivity index (χ4v) is 7.06. The zero-order valence-corrected chi connectivity index (χ0v) is 23.8. The quantitative estimate of drug-likeness (QED) is 0.307. The van der Waals surface area contributed by atoms with Crippen LogP contribution in [0.4, 0.5) is 19.3 Å². The number of halogens is 2. The Labute approximate surface area is 234 Å². The summed E-state index contributed by atoms with van der Waals surface area (Å²) >= 11 is 0. The zero-order chi connectivity index (χ0) is 28.4. The predicted molar refractivity (Wildman–Crippen MR) is 152 cm³/mol. The molecule has 0 N–H and O–H groups in total. The number of carbonyl (C=O) groups is 1. The second kappa shape index (κ2) is 9.41. The Hall–Kier alpha value is -3.24.